The molecule has 1 aliphatic heterocycles. The van der Waals surface area contributed by atoms with E-state index in [-0.39, 0.29) is 12.1 Å². The molecule has 0 aromatic heterocycles. The molecule has 0 spiro atoms. The quantitative estimate of drug-likeness (QED) is 0.549. The van der Waals surface area contributed by atoms with Gasteiger partial charge in [0, 0.05) is 36.0 Å². The van der Waals surface area contributed by atoms with Gasteiger partial charge in [-0.2, -0.15) is 0 Å². The Balaban J connectivity index is 1.32. The van der Waals surface area contributed by atoms with Gasteiger partial charge in [0.15, 0.2) is 0 Å². The molecular weight excluding hydrogens is 416 g/mol. The molecule has 4 amide bonds. The third kappa shape index (κ3) is 7.36. The van der Waals surface area contributed by atoms with Crippen LogP contribution in [0, 0.1) is 5.92 Å². The SMILES string of the molecule is CCOc1ccc(NC(=O)NCCC2CCN(C(=O)Nc3cccc(Cl)c3)CC2)cc1. The summed E-state index contributed by atoms with van der Waals surface area (Å²) in [6.07, 6.45) is 2.73. The number of benzene rings is 2. The highest BCUT2D eigenvalue weighted by Crippen LogP contribution is 2.22. The molecule has 0 atom stereocenters. The van der Waals surface area contributed by atoms with Crippen molar-refractivity contribution in [2.45, 2.75) is 26.2 Å². The van der Waals surface area contributed by atoms with Crippen molar-refractivity contribution in [3.8, 4) is 5.75 Å². The van der Waals surface area contributed by atoms with Gasteiger partial charge in [-0.25, -0.2) is 9.59 Å². The highest BCUT2D eigenvalue weighted by atomic mass is 35.5. The summed E-state index contributed by atoms with van der Waals surface area (Å²) in [4.78, 5) is 26.3. The predicted octanol–water partition coefficient (Wildman–Crippen LogP) is 5.19. The van der Waals surface area contributed by atoms with Gasteiger partial charge in [-0.3, -0.25) is 0 Å². The maximum atomic E-state index is 12.4. The number of nitrogens with zero attached hydrogens (tertiary/aromatic N) is 1. The van der Waals surface area contributed by atoms with Crippen molar-refractivity contribution >= 4 is 35.0 Å². The molecule has 0 radical (unpaired) electrons. The average molecular weight is 445 g/mol. The Bertz CT molecular complexity index is 867. The minimum atomic E-state index is -0.220. The van der Waals surface area contributed by atoms with Crippen molar-refractivity contribution in [1.29, 1.82) is 0 Å². The van der Waals surface area contributed by atoms with Crippen molar-refractivity contribution in [3.63, 3.8) is 0 Å². The first-order valence-corrected chi connectivity index (χ1v) is 11.0. The van der Waals surface area contributed by atoms with Crippen LogP contribution in [-0.4, -0.2) is 43.2 Å². The second-order valence-electron chi connectivity index (χ2n) is 7.50. The fourth-order valence-corrected chi connectivity index (χ4v) is 3.75. The highest BCUT2D eigenvalue weighted by molar-refractivity contribution is 6.30. The molecule has 3 N–H and O–H groups in total. The number of halogens is 1. The number of anilines is 2. The lowest BCUT2D eigenvalue weighted by molar-refractivity contribution is 0.180. The van der Waals surface area contributed by atoms with E-state index in [0.29, 0.717) is 42.9 Å². The fourth-order valence-electron chi connectivity index (χ4n) is 3.56. The third-order valence-electron chi connectivity index (χ3n) is 5.24. The summed E-state index contributed by atoms with van der Waals surface area (Å²) >= 11 is 5.96. The van der Waals surface area contributed by atoms with Crippen LogP contribution in [0.4, 0.5) is 21.0 Å². The van der Waals surface area contributed by atoms with Crippen LogP contribution >= 0.6 is 11.6 Å². The monoisotopic (exact) mass is 444 g/mol. The van der Waals surface area contributed by atoms with Gasteiger partial charge < -0.3 is 25.6 Å². The summed E-state index contributed by atoms with van der Waals surface area (Å²) in [6.45, 7) is 4.55. The lowest BCUT2D eigenvalue weighted by Crippen LogP contribution is -2.41. The van der Waals surface area contributed by atoms with Crippen molar-refractivity contribution in [2.24, 2.45) is 5.92 Å². The Labute approximate surface area is 188 Å². The Kier molecular flexibility index (Phi) is 8.41. The van der Waals surface area contributed by atoms with E-state index >= 15 is 0 Å². The molecule has 1 fully saturated rings. The molecule has 3 rings (SSSR count). The van der Waals surface area contributed by atoms with Crippen LogP contribution in [0.3, 0.4) is 0 Å². The number of carbonyl (C=O) groups excluding carboxylic acids is 2. The zero-order valence-electron chi connectivity index (χ0n) is 17.7. The molecule has 1 aliphatic rings. The van der Waals surface area contributed by atoms with E-state index in [2.05, 4.69) is 16.0 Å². The molecule has 0 unspecified atom stereocenters. The summed E-state index contributed by atoms with van der Waals surface area (Å²) in [5, 5.41) is 9.21. The Hall–Kier alpha value is -2.93. The number of nitrogens with one attached hydrogen (secondary N) is 3. The number of amides is 4. The van der Waals surface area contributed by atoms with Gasteiger partial charge in [-0.05, 0) is 74.6 Å². The van der Waals surface area contributed by atoms with E-state index in [1.54, 1.807) is 12.1 Å². The topological polar surface area (TPSA) is 82.7 Å². The zero-order valence-corrected chi connectivity index (χ0v) is 18.5. The number of likely N-dealkylation sites (tertiary alicyclic amines) is 1. The van der Waals surface area contributed by atoms with Crippen molar-refractivity contribution in [2.75, 3.05) is 36.9 Å². The van der Waals surface area contributed by atoms with Crippen LogP contribution in [0.5, 0.6) is 5.75 Å². The van der Waals surface area contributed by atoms with Crippen molar-refractivity contribution in [1.82, 2.24) is 10.2 Å². The lowest BCUT2D eigenvalue weighted by atomic mass is 9.94. The number of urea groups is 2. The van der Waals surface area contributed by atoms with E-state index in [9.17, 15) is 9.59 Å². The summed E-state index contributed by atoms with van der Waals surface area (Å²) in [7, 11) is 0. The maximum absolute atomic E-state index is 12.4. The predicted molar refractivity (Wildman–Crippen MR) is 124 cm³/mol. The van der Waals surface area contributed by atoms with E-state index < -0.39 is 0 Å². The Morgan fingerprint density at radius 2 is 1.81 bits per heavy atom. The van der Waals surface area contributed by atoms with E-state index in [1.165, 1.54) is 0 Å². The molecule has 0 saturated carbocycles. The summed E-state index contributed by atoms with van der Waals surface area (Å²) in [5.74, 6) is 1.27. The standard InChI is InChI=1S/C23H29ClN4O3/c1-2-31-21-8-6-19(7-9-21)26-22(29)25-13-10-17-11-14-28(15-12-17)23(30)27-20-5-3-4-18(24)16-20/h3-9,16-17H,2,10-15H2,1H3,(H,27,30)(H2,25,26,29). The van der Waals surface area contributed by atoms with Crippen LogP contribution in [0.2, 0.25) is 5.02 Å². The number of hydrogen-bond donors (Lipinski definition) is 3. The van der Waals surface area contributed by atoms with Crippen molar-refractivity contribution in [3.05, 3.63) is 53.6 Å². The van der Waals surface area contributed by atoms with E-state index in [1.807, 2.05) is 48.2 Å². The Morgan fingerprint density at radius 1 is 1.06 bits per heavy atom. The number of piperidine rings is 1. The molecule has 31 heavy (non-hydrogen) atoms. The number of ether oxygens (including phenoxy) is 1. The number of rotatable bonds is 7. The molecular formula is C23H29ClN4O3. The van der Waals surface area contributed by atoms with Gasteiger partial charge in [0.25, 0.3) is 0 Å². The normalized spacial score (nSPS) is 14.1. The molecule has 1 saturated heterocycles. The van der Waals surface area contributed by atoms with E-state index in [0.717, 1.165) is 30.7 Å². The van der Waals surface area contributed by atoms with Gasteiger partial charge in [0.2, 0.25) is 0 Å². The maximum Gasteiger partial charge on any atom is 0.321 e. The first-order chi connectivity index (χ1) is 15.0. The molecule has 7 nitrogen and oxygen atoms in total. The third-order valence-corrected chi connectivity index (χ3v) is 5.47. The van der Waals surface area contributed by atoms with Gasteiger partial charge in [0.1, 0.15) is 5.75 Å². The first kappa shape index (κ1) is 22.7. The minimum absolute atomic E-state index is 0.103. The molecule has 2 aromatic rings. The second-order valence-corrected chi connectivity index (χ2v) is 7.93. The molecule has 0 aliphatic carbocycles. The van der Waals surface area contributed by atoms with E-state index in [4.69, 9.17) is 16.3 Å². The minimum Gasteiger partial charge on any atom is -0.494 e. The van der Waals surface area contributed by atoms with Gasteiger partial charge in [0.05, 0.1) is 6.61 Å². The van der Waals surface area contributed by atoms with Crippen LogP contribution < -0.4 is 20.7 Å². The smallest absolute Gasteiger partial charge is 0.321 e. The molecule has 166 valence electrons. The van der Waals surface area contributed by atoms with Crippen LogP contribution in [0.25, 0.3) is 0 Å². The van der Waals surface area contributed by atoms with Gasteiger partial charge >= 0.3 is 12.1 Å². The molecule has 0 bridgehead atoms. The summed E-state index contributed by atoms with van der Waals surface area (Å²) in [6, 6.07) is 14.1. The number of carbonyl (C=O) groups is 2. The average Bonchev–Trinajstić information content (AvgIpc) is 2.76. The molecule has 8 heteroatoms. The fraction of sp³-hybridized carbons (Fsp3) is 0.391. The summed E-state index contributed by atoms with van der Waals surface area (Å²) < 4.78 is 5.39. The van der Waals surface area contributed by atoms with Crippen LogP contribution in [0.1, 0.15) is 26.2 Å². The highest BCUT2D eigenvalue weighted by Gasteiger charge is 2.22. The zero-order chi connectivity index (χ0) is 22.1. The largest absolute Gasteiger partial charge is 0.494 e. The van der Waals surface area contributed by atoms with Crippen LogP contribution in [0.15, 0.2) is 48.5 Å². The lowest BCUT2D eigenvalue weighted by Gasteiger charge is -2.32. The van der Waals surface area contributed by atoms with Crippen LogP contribution in [-0.2, 0) is 0 Å². The van der Waals surface area contributed by atoms with Gasteiger partial charge in [-0.15, -0.1) is 0 Å². The van der Waals surface area contributed by atoms with Crippen molar-refractivity contribution < 1.29 is 14.3 Å². The molecule has 2 aromatic carbocycles. The molecule has 1 heterocycles. The second kappa shape index (κ2) is 11.5. The number of hydrogen-bond acceptors (Lipinski definition) is 3. The first-order valence-electron chi connectivity index (χ1n) is 10.6. The van der Waals surface area contributed by atoms with Gasteiger partial charge in [-0.1, -0.05) is 17.7 Å². The summed E-state index contributed by atoms with van der Waals surface area (Å²) in [5.41, 5.74) is 1.42. The Morgan fingerprint density at radius 3 is 2.48 bits per heavy atom.